The molecule has 0 bridgehead atoms. The maximum Gasteiger partial charge on any atom is 0.225 e. The maximum absolute atomic E-state index is 12.5. The van der Waals surface area contributed by atoms with Gasteiger partial charge < -0.3 is 9.80 Å². The van der Waals surface area contributed by atoms with Gasteiger partial charge in [-0.2, -0.15) is 0 Å². The number of benzene rings is 1. The summed E-state index contributed by atoms with van der Waals surface area (Å²) in [6.07, 6.45) is 2.93. The molecule has 0 atom stereocenters. The van der Waals surface area contributed by atoms with Gasteiger partial charge in [0.2, 0.25) is 5.91 Å². The number of fused-ring (bicyclic) bond motifs is 1. The second kappa shape index (κ2) is 7.51. The number of hydrogen-bond donors (Lipinski definition) is 0. The predicted molar refractivity (Wildman–Crippen MR) is 102 cm³/mol. The van der Waals surface area contributed by atoms with Crippen LogP contribution in [0, 0.1) is 5.92 Å². The molecule has 2 aromatic rings. The summed E-state index contributed by atoms with van der Waals surface area (Å²) in [6, 6.07) is 6.54. The number of carbonyl (C=O) groups excluding carboxylic acids is 1. The first kappa shape index (κ1) is 17.2. The summed E-state index contributed by atoms with van der Waals surface area (Å²) in [5.41, 5.74) is 2.45. The number of rotatable bonds is 5. The molecule has 0 N–H and O–H groups in total. The van der Waals surface area contributed by atoms with E-state index in [-0.39, 0.29) is 5.92 Å². The Morgan fingerprint density at radius 1 is 1.17 bits per heavy atom. The second-order valence-corrected chi connectivity index (χ2v) is 7.49. The van der Waals surface area contributed by atoms with E-state index in [0.717, 1.165) is 56.1 Å². The van der Waals surface area contributed by atoms with E-state index in [9.17, 15) is 4.79 Å². The lowest BCUT2D eigenvalue weighted by Crippen LogP contribution is -2.50. The minimum atomic E-state index is 0.187. The number of hydrogen-bond acceptors (Lipinski definition) is 4. The highest BCUT2D eigenvalue weighted by Gasteiger charge is 2.26. The quantitative estimate of drug-likeness (QED) is 0.823. The van der Waals surface area contributed by atoms with Crippen LogP contribution in [0.3, 0.4) is 0 Å². The molecule has 3 rings (SSSR count). The molecule has 0 aliphatic carbocycles. The van der Waals surface area contributed by atoms with Crippen molar-refractivity contribution in [3.05, 3.63) is 23.8 Å². The third-order valence-corrected chi connectivity index (χ3v) is 6.13. The zero-order valence-electron chi connectivity index (χ0n) is 14.9. The smallest absolute Gasteiger partial charge is 0.225 e. The standard InChI is InChI=1S/C19H27N3OS/c1-4-14-7-8-16-17(13-14)24-19(20-16)22-11-9-21(10-12-22)18(23)15(5-2)6-3/h7-8,13,15H,4-6,9-12H2,1-3H3. The fourth-order valence-electron chi connectivity index (χ4n) is 3.33. The third kappa shape index (κ3) is 3.41. The summed E-state index contributed by atoms with van der Waals surface area (Å²) >= 11 is 1.77. The molecule has 1 fully saturated rings. The third-order valence-electron chi connectivity index (χ3n) is 5.05. The minimum Gasteiger partial charge on any atom is -0.345 e. The Balaban J connectivity index is 1.67. The van der Waals surface area contributed by atoms with Crippen LogP contribution in [0.1, 0.15) is 39.2 Å². The van der Waals surface area contributed by atoms with Crippen LogP contribution in [-0.4, -0.2) is 42.0 Å². The first-order valence-electron chi connectivity index (χ1n) is 9.09. The van der Waals surface area contributed by atoms with Gasteiger partial charge in [0.1, 0.15) is 0 Å². The van der Waals surface area contributed by atoms with Gasteiger partial charge in [0.25, 0.3) is 0 Å². The van der Waals surface area contributed by atoms with Gasteiger partial charge in [-0.05, 0) is 37.0 Å². The lowest BCUT2D eigenvalue weighted by molar-refractivity contribution is -0.136. The van der Waals surface area contributed by atoms with Crippen molar-refractivity contribution in [3.63, 3.8) is 0 Å². The number of anilines is 1. The van der Waals surface area contributed by atoms with E-state index in [4.69, 9.17) is 4.98 Å². The Morgan fingerprint density at radius 3 is 2.50 bits per heavy atom. The molecule has 0 unspecified atom stereocenters. The van der Waals surface area contributed by atoms with E-state index in [2.05, 4.69) is 43.9 Å². The van der Waals surface area contributed by atoms with Crippen LogP contribution in [0.4, 0.5) is 5.13 Å². The average Bonchev–Trinajstić information content (AvgIpc) is 3.05. The number of nitrogens with zero attached hydrogens (tertiary/aromatic N) is 3. The van der Waals surface area contributed by atoms with Crippen molar-refractivity contribution >= 4 is 32.6 Å². The van der Waals surface area contributed by atoms with Gasteiger partial charge >= 0.3 is 0 Å². The molecule has 1 saturated heterocycles. The zero-order valence-corrected chi connectivity index (χ0v) is 15.7. The first-order valence-corrected chi connectivity index (χ1v) is 9.91. The van der Waals surface area contributed by atoms with E-state index in [1.807, 2.05) is 4.90 Å². The van der Waals surface area contributed by atoms with Crippen LogP contribution in [0.25, 0.3) is 10.2 Å². The molecular formula is C19H27N3OS. The van der Waals surface area contributed by atoms with Gasteiger partial charge in [0.15, 0.2) is 5.13 Å². The molecule has 1 aromatic carbocycles. The normalized spacial score (nSPS) is 15.5. The SMILES string of the molecule is CCc1ccc2nc(N3CCN(C(=O)C(CC)CC)CC3)sc2c1. The number of thiazole rings is 1. The Bertz CT molecular complexity index is 700. The van der Waals surface area contributed by atoms with Crippen molar-refractivity contribution in [1.82, 2.24) is 9.88 Å². The van der Waals surface area contributed by atoms with E-state index in [0.29, 0.717) is 5.91 Å². The van der Waals surface area contributed by atoms with Crippen molar-refractivity contribution in [2.24, 2.45) is 5.92 Å². The average molecular weight is 346 g/mol. The Labute approximate surface area is 148 Å². The van der Waals surface area contributed by atoms with Crippen molar-refractivity contribution in [2.75, 3.05) is 31.1 Å². The van der Waals surface area contributed by atoms with Crippen LogP contribution in [0.2, 0.25) is 0 Å². The number of amides is 1. The fraction of sp³-hybridized carbons (Fsp3) is 0.579. The Hall–Kier alpha value is -1.62. The molecule has 2 heterocycles. The van der Waals surface area contributed by atoms with Gasteiger partial charge in [-0.25, -0.2) is 4.98 Å². The monoisotopic (exact) mass is 345 g/mol. The molecule has 1 amide bonds. The van der Waals surface area contributed by atoms with Crippen LogP contribution >= 0.6 is 11.3 Å². The van der Waals surface area contributed by atoms with Crippen LogP contribution in [-0.2, 0) is 11.2 Å². The summed E-state index contributed by atoms with van der Waals surface area (Å²) in [5.74, 6) is 0.517. The molecule has 5 heteroatoms. The van der Waals surface area contributed by atoms with Crippen molar-refractivity contribution in [3.8, 4) is 0 Å². The lowest BCUT2D eigenvalue weighted by Gasteiger charge is -2.36. The Morgan fingerprint density at radius 2 is 1.88 bits per heavy atom. The van der Waals surface area contributed by atoms with Gasteiger partial charge in [-0.15, -0.1) is 0 Å². The molecule has 0 saturated carbocycles. The van der Waals surface area contributed by atoms with Crippen LogP contribution < -0.4 is 4.90 Å². The van der Waals surface area contributed by atoms with Gasteiger partial charge in [0, 0.05) is 32.1 Å². The highest BCUT2D eigenvalue weighted by Crippen LogP contribution is 2.30. The summed E-state index contributed by atoms with van der Waals surface area (Å²) in [5, 5.41) is 1.09. The molecular weight excluding hydrogens is 318 g/mol. The van der Waals surface area contributed by atoms with Gasteiger partial charge in [-0.3, -0.25) is 4.79 Å². The summed E-state index contributed by atoms with van der Waals surface area (Å²) in [6.45, 7) is 9.77. The zero-order chi connectivity index (χ0) is 17.1. The van der Waals surface area contributed by atoms with Gasteiger partial charge in [-0.1, -0.05) is 38.2 Å². The molecule has 24 heavy (non-hydrogen) atoms. The van der Waals surface area contributed by atoms with E-state index >= 15 is 0 Å². The molecule has 130 valence electrons. The number of piperazine rings is 1. The maximum atomic E-state index is 12.5. The summed E-state index contributed by atoms with van der Waals surface area (Å²) in [4.78, 5) is 21.7. The van der Waals surface area contributed by atoms with E-state index < -0.39 is 0 Å². The summed E-state index contributed by atoms with van der Waals surface area (Å²) in [7, 11) is 0. The van der Waals surface area contributed by atoms with Crippen molar-refractivity contribution in [2.45, 2.75) is 40.0 Å². The largest absolute Gasteiger partial charge is 0.345 e. The molecule has 1 aromatic heterocycles. The number of carbonyl (C=O) groups is 1. The molecule has 1 aliphatic rings. The van der Waals surface area contributed by atoms with Crippen LogP contribution in [0.5, 0.6) is 0 Å². The van der Waals surface area contributed by atoms with Gasteiger partial charge in [0.05, 0.1) is 10.2 Å². The molecule has 4 nitrogen and oxygen atoms in total. The topological polar surface area (TPSA) is 36.4 Å². The lowest BCUT2D eigenvalue weighted by atomic mass is 10.0. The predicted octanol–water partition coefficient (Wildman–Crippen LogP) is 3.94. The minimum absolute atomic E-state index is 0.187. The Kier molecular flexibility index (Phi) is 5.39. The van der Waals surface area contributed by atoms with Crippen molar-refractivity contribution < 1.29 is 4.79 Å². The van der Waals surface area contributed by atoms with Crippen molar-refractivity contribution in [1.29, 1.82) is 0 Å². The second-order valence-electron chi connectivity index (χ2n) is 6.48. The molecule has 1 aliphatic heterocycles. The summed E-state index contributed by atoms with van der Waals surface area (Å²) < 4.78 is 1.26. The highest BCUT2D eigenvalue weighted by atomic mass is 32.1. The number of aromatic nitrogens is 1. The van der Waals surface area contributed by atoms with E-state index in [1.54, 1.807) is 11.3 Å². The highest BCUT2D eigenvalue weighted by molar-refractivity contribution is 7.22. The fourth-order valence-corrected chi connectivity index (χ4v) is 4.41. The van der Waals surface area contributed by atoms with E-state index in [1.165, 1.54) is 10.3 Å². The number of aryl methyl sites for hydroxylation is 1. The van der Waals surface area contributed by atoms with Crippen LogP contribution in [0.15, 0.2) is 18.2 Å². The molecule has 0 radical (unpaired) electrons. The molecule has 0 spiro atoms. The first-order chi connectivity index (χ1) is 11.7.